The summed E-state index contributed by atoms with van der Waals surface area (Å²) in [4.78, 5) is 0.108. The highest BCUT2D eigenvalue weighted by Crippen LogP contribution is 2.27. The second kappa shape index (κ2) is 8.03. The molecule has 1 aromatic carbocycles. The summed E-state index contributed by atoms with van der Waals surface area (Å²) < 4.78 is 31.5. The van der Waals surface area contributed by atoms with E-state index in [1.54, 1.807) is 19.2 Å². The van der Waals surface area contributed by atoms with E-state index in [1.807, 2.05) is 6.92 Å². The molecule has 1 N–H and O–H groups in total. The molecule has 0 aliphatic rings. The van der Waals surface area contributed by atoms with Crippen molar-refractivity contribution in [2.75, 3.05) is 27.3 Å². The van der Waals surface area contributed by atoms with E-state index in [2.05, 4.69) is 11.8 Å². The molecule has 116 valence electrons. The van der Waals surface area contributed by atoms with Gasteiger partial charge in [-0.3, -0.25) is 0 Å². The average Bonchev–Trinajstić information content (AvgIpc) is 2.47. The van der Waals surface area contributed by atoms with Crippen molar-refractivity contribution in [2.45, 2.75) is 24.7 Å². The number of aliphatic hydroxyl groups excluding tert-OH is 1. The fourth-order valence-electron chi connectivity index (χ4n) is 1.78. The zero-order chi connectivity index (χ0) is 15.9. The Morgan fingerprint density at radius 1 is 1.38 bits per heavy atom. The fraction of sp³-hybridized carbons (Fsp3) is 0.467. The number of hydrogen-bond donors (Lipinski definition) is 1. The maximum atomic E-state index is 12.5. The molecule has 0 aromatic heterocycles. The van der Waals surface area contributed by atoms with Crippen molar-refractivity contribution in [3.63, 3.8) is 0 Å². The molecule has 1 rings (SSSR count). The van der Waals surface area contributed by atoms with Gasteiger partial charge in [-0.15, -0.1) is 0 Å². The third-order valence-electron chi connectivity index (χ3n) is 2.86. The lowest BCUT2D eigenvalue weighted by molar-refractivity contribution is 0.305. The van der Waals surface area contributed by atoms with Crippen LogP contribution in [0.4, 0.5) is 0 Å². The van der Waals surface area contributed by atoms with Gasteiger partial charge in [0.05, 0.1) is 13.7 Å². The molecule has 0 aliphatic carbocycles. The Morgan fingerprint density at radius 2 is 2.10 bits per heavy atom. The van der Waals surface area contributed by atoms with Gasteiger partial charge < -0.3 is 9.84 Å². The molecule has 0 fully saturated rings. The van der Waals surface area contributed by atoms with Crippen molar-refractivity contribution in [2.24, 2.45) is 0 Å². The van der Waals surface area contributed by atoms with Crippen LogP contribution in [0.25, 0.3) is 0 Å². The van der Waals surface area contributed by atoms with Gasteiger partial charge in [-0.05, 0) is 24.6 Å². The number of hydrogen-bond acceptors (Lipinski definition) is 4. The highest BCUT2D eigenvalue weighted by molar-refractivity contribution is 7.89. The largest absolute Gasteiger partial charge is 0.495 e. The van der Waals surface area contributed by atoms with Crippen LogP contribution in [0, 0.1) is 11.8 Å². The van der Waals surface area contributed by atoms with Crippen LogP contribution >= 0.6 is 0 Å². The van der Waals surface area contributed by atoms with Crippen molar-refractivity contribution in [1.82, 2.24) is 4.31 Å². The standard InChI is InChI=1S/C15H21NO4S/c1-4-10-16(2)21(18,19)15-12-13(7-5-6-11-17)8-9-14(15)20-3/h8-9,12,17H,4,6,10-11H2,1-3H3. The monoisotopic (exact) mass is 311 g/mol. The van der Waals surface area contributed by atoms with Gasteiger partial charge in [-0.2, -0.15) is 0 Å². The molecule has 0 saturated carbocycles. The summed E-state index contributed by atoms with van der Waals surface area (Å²) in [5.41, 5.74) is 0.577. The molecule has 0 atom stereocenters. The van der Waals surface area contributed by atoms with Gasteiger partial charge >= 0.3 is 0 Å². The van der Waals surface area contributed by atoms with Gasteiger partial charge in [0.15, 0.2) is 0 Å². The molecule has 0 aliphatic heterocycles. The Kier molecular flexibility index (Phi) is 6.69. The minimum absolute atomic E-state index is 0.0203. The highest BCUT2D eigenvalue weighted by atomic mass is 32.2. The van der Waals surface area contributed by atoms with Crippen LogP contribution in [0.15, 0.2) is 23.1 Å². The SMILES string of the molecule is CCCN(C)S(=O)(=O)c1cc(C#CCCO)ccc1OC. The zero-order valence-electron chi connectivity index (χ0n) is 12.6. The van der Waals surface area contributed by atoms with E-state index in [9.17, 15) is 8.42 Å². The van der Waals surface area contributed by atoms with E-state index >= 15 is 0 Å². The van der Waals surface area contributed by atoms with E-state index < -0.39 is 10.0 Å². The average molecular weight is 311 g/mol. The van der Waals surface area contributed by atoms with Crippen LogP contribution in [0.1, 0.15) is 25.3 Å². The third-order valence-corrected chi connectivity index (χ3v) is 4.74. The maximum Gasteiger partial charge on any atom is 0.246 e. The normalized spacial score (nSPS) is 11.1. The summed E-state index contributed by atoms with van der Waals surface area (Å²) >= 11 is 0. The molecule has 0 heterocycles. The molecular weight excluding hydrogens is 290 g/mol. The Hall–Kier alpha value is -1.55. The van der Waals surface area contributed by atoms with Gasteiger partial charge in [0.25, 0.3) is 0 Å². The van der Waals surface area contributed by atoms with Gasteiger partial charge in [0.1, 0.15) is 10.6 Å². The van der Waals surface area contributed by atoms with Gasteiger partial charge in [-0.1, -0.05) is 18.8 Å². The molecule has 0 amide bonds. The number of benzene rings is 1. The minimum atomic E-state index is -3.61. The van der Waals surface area contributed by atoms with Crippen molar-refractivity contribution in [3.05, 3.63) is 23.8 Å². The van der Waals surface area contributed by atoms with Crippen molar-refractivity contribution in [3.8, 4) is 17.6 Å². The van der Waals surface area contributed by atoms with Crippen LogP contribution in [-0.2, 0) is 10.0 Å². The topological polar surface area (TPSA) is 66.8 Å². The molecule has 0 unspecified atom stereocenters. The lowest BCUT2D eigenvalue weighted by atomic mass is 10.2. The first kappa shape index (κ1) is 17.5. The van der Waals surface area contributed by atoms with E-state index in [4.69, 9.17) is 9.84 Å². The summed E-state index contributed by atoms with van der Waals surface area (Å²) in [7, 11) is -0.626. The molecule has 21 heavy (non-hydrogen) atoms. The van der Waals surface area contributed by atoms with E-state index in [0.29, 0.717) is 24.3 Å². The van der Waals surface area contributed by atoms with Gasteiger partial charge in [-0.25, -0.2) is 12.7 Å². The minimum Gasteiger partial charge on any atom is -0.495 e. The smallest absolute Gasteiger partial charge is 0.246 e. The van der Waals surface area contributed by atoms with E-state index in [0.717, 1.165) is 6.42 Å². The molecule has 1 aromatic rings. The summed E-state index contributed by atoms with van der Waals surface area (Å²) in [5, 5.41) is 8.72. The quantitative estimate of drug-likeness (QED) is 0.808. The predicted molar refractivity (Wildman–Crippen MR) is 81.7 cm³/mol. The van der Waals surface area contributed by atoms with Crippen LogP contribution in [0.3, 0.4) is 0 Å². The molecule has 0 bridgehead atoms. The first-order chi connectivity index (χ1) is 9.97. The Labute approximate surface area is 126 Å². The second-order valence-corrected chi connectivity index (χ2v) is 6.48. The molecule has 0 spiro atoms. The van der Waals surface area contributed by atoms with Crippen molar-refractivity contribution >= 4 is 10.0 Å². The lowest BCUT2D eigenvalue weighted by Crippen LogP contribution is -2.28. The van der Waals surface area contributed by atoms with Crippen molar-refractivity contribution < 1.29 is 18.3 Å². The van der Waals surface area contributed by atoms with E-state index in [-0.39, 0.29) is 11.5 Å². The summed E-state index contributed by atoms with van der Waals surface area (Å²) in [6.45, 7) is 2.33. The third kappa shape index (κ3) is 4.46. The number of ether oxygens (including phenoxy) is 1. The van der Waals surface area contributed by atoms with E-state index in [1.165, 1.54) is 17.5 Å². The Morgan fingerprint density at radius 3 is 2.67 bits per heavy atom. The summed E-state index contributed by atoms with van der Waals surface area (Å²) in [5.74, 6) is 5.90. The number of aliphatic hydroxyl groups is 1. The molecule has 6 heteroatoms. The summed E-state index contributed by atoms with van der Waals surface area (Å²) in [6, 6.07) is 4.79. The number of nitrogens with zero attached hydrogens (tertiary/aromatic N) is 1. The van der Waals surface area contributed by atoms with Gasteiger partial charge in [0, 0.05) is 25.6 Å². The molecule has 0 radical (unpaired) electrons. The predicted octanol–water partition coefficient (Wildman–Crippen LogP) is 1.46. The van der Waals surface area contributed by atoms with Crippen molar-refractivity contribution in [1.29, 1.82) is 0 Å². The first-order valence-corrected chi connectivity index (χ1v) is 8.15. The Bertz CT molecular complexity index is 629. The van der Waals surface area contributed by atoms with Crippen LogP contribution in [0.5, 0.6) is 5.75 Å². The molecule has 5 nitrogen and oxygen atoms in total. The van der Waals surface area contributed by atoms with Gasteiger partial charge in [0.2, 0.25) is 10.0 Å². The molecular formula is C15H21NO4S. The number of sulfonamides is 1. The number of rotatable bonds is 6. The maximum absolute atomic E-state index is 12.5. The van der Waals surface area contributed by atoms with Crippen LogP contribution in [-0.4, -0.2) is 45.1 Å². The van der Waals surface area contributed by atoms with Crippen LogP contribution in [0.2, 0.25) is 0 Å². The highest BCUT2D eigenvalue weighted by Gasteiger charge is 2.24. The first-order valence-electron chi connectivity index (χ1n) is 6.71. The Balaban J connectivity index is 3.26. The second-order valence-electron chi connectivity index (χ2n) is 4.47. The number of methoxy groups -OCH3 is 1. The zero-order valence-corrected chi connectivity index (χ0v) is 13.4. The molecule has 0 saturated heterocycles. The lowest BCUT2D eigenvalue weighted by Gasteiger charge is -2.18. The van der Waals surface area contributed by atoms with Crippen LogP contribution < -0.4 is 4.74 Å². The fourth-order valence-corrected chi connectivity index (χ4v) is 3.22. The summed E-state index contributed by atoms with van der Waals surface area (Å²) in [6.07, 6.45) is 1.08.